The molecule has 43 heavy (non-hydrogen) atoms. The monoisotopic (exact) mass is 570 g/mol. The molecule has 220 valence electrons. The zero-order chi connectivity index (χ0) is 31.4. The first kappa shape index (κ1) is 27.9. The van der Waals surface area contributed by atoms with Crippen LogP contribution in [0.4, 0.5) is 0 Å². The third-order valence-corrected chi connectivity index (χ3v) is 9.41. The average Bonchev–Trinajstić information content (AvgIpc) is 3.36. The van der Waals surface area contributed by atoms with Gasteiger partial charge in [0.1, 0.15) is 18.2 Å². The summed E-state index contributed by atoms with van der Waals surface area (Å²) in [5.74, 6) is 0.104. The Hall–Kier alpha value is -3.90. The summed E-state index contributed by atoms with van der Waals surface area (Å²) in [5.41, 5.74) is 8.90. The van der Waals surface area contributed by atoms with Crippen LogP contribution in [-0.4, -0.2) is 0 Å². The summed E-state index contributed by atoms with van der Waals surface area (Å²) in [6.07, 6.45) is 7.06. The van der Waals surface area contributed by atoms with Crippen molar-refractivity contribution in [2.24, 2.45) is 23.8 Å². The van der Waals surface area contributed by atoms with Crippen molar-refractivity contribution in [3.63, 3.8) is 0 Å². The van der Waals surface area contributed by atoms with Crippen molar-refractivity contribution >= 4 is 21.9 Å². The van der Waals surface area contributed by atoms with Crippen LogP contribution in [0.2, 0.25) is 0 Å². The van der Waals surface area contributed by atoms with E-state index in [1.807, 2.05) is 12.1 Å². The van der Waals surface area contributed by atoms with Gasteiger partial charge in [-0.1, -0.05) is 77.9 Å². The highest BCUT2D eigenvalue weighted by molar-refractivity contribution is 6.13. The SMILES string of the molecule is [2H]C1(c2ccc(-c3c(C#N)ccc4c3oc3c(-c5cc(CC(C)(C)C)cc[n+]5C)cccc34)cc2)CCC(C(C)(C)C)CC1. The quantitative estimate of drug-likeness (QED) is 0.202. The fourth-order valence-electron chi connectivity index (χ4n) is 7.04. The molecule has 0 saturated heterocycles. The van der Waals surface area contributed by atoms with Crippen molar-refractivity contribution in [3.8, 4) is 28.5 Å². The average molecular weight is 571 g/mol. The third kappa shape index (κ3) is 5.73. The van der Waals surface area contributed by atoms with Gasteiger partial charge in [-0.05, 0) is 89.6 Å². The summed E-state index contributed by atoms with van der Waals surface area (Å²) in [6.45, 7) is 13.8. The fourth-order valence-corrected chi connectivity index (χ4v) is 7.04. The molecular weight excluding hydrogens is 524 g/mol. The maximum Gasteiger partial charge on any atom is 0.216 e. The van der Waals surface area contributed by atoms with E-state index >= 15 is 0 Å². The molecule has 3 heteroatoms. The second-order valence-corrected chi connectivity index (χ2v) is 14.9. The van der Waals surface area contributed by atoms with Gasteiger partial charge in [0, 0.05) is 29.8 Å². The van der Waals surface area contributed by atoms with Gasteiger partial charge < -0.3 is 4.42 Å². The predicted molar refractivity (Wildman–Crippen MR) is 178 cm³/mol. The van der Waals surface area contributed by atoms with Gasteiger partial charge in [0.15, 0.2) is 6.20 Å². The van der Waals surface area contributed by atoms with Gasteiger partial charge >= 0.3 is 0 Å². The van der Waals surface area contributed by atoms with E-state index in [0.717, 1.165) is 82.0 Å². The van der Waals surface area contributed by atoms with Gasteiger partial charge in [-0.15, -0.1) is 0 Å². The largest absolute Gasteiger partial charge is 0.454 e. The van der Waals surface area contributed by atoms with Crippen molar-refractivity contribution in [1.82, 2.24) is 0 Å². The predicted octanol–water partition coefficient (Wildman–Crippen LogP) is 10.5. The van der Waals surface area contributed by atoms with Crippen molar-refractivity contribution in [1.29, 1.82) is 5.26 Å². The maximum atomic E-state index is 10.2. The Morgan fingerprint density at radius 1 is 0.884 bits per heavy atom. The molecule has 0 spiro atoms. The minimum atomic E-state index is -0.560. The fraction of sp³-hybridized carbons (Fsp3) is 0.400. The van der Waals surface area contributed by atoms with Crippen molar-refractivity contribution in [2.45, 2.75) is 79.5 Å². The molecule has 0 radical (unpaired) electrons. The first-order valence-corrected chi connectivity index (χ1v) is 15.8. The lowest BCUT2D eigenvalue weighted by atomic mass is 9.68. The summed E-state index contributed by atoms with van der Waals surface area (Å²) in [7, 11) is 2.08. The first-order chi connectivity index (χ1) is 20.8. The number of nitriles is 1. The van der Waals surface area contributed by atoms with E-state index in [2.05, 4.69) is 120 Å². The molecule has 2 aromatic heterocycles. The van der Waals surface area contributed by atoms with Crippen LogP contribution in [0.1, 0.15) is 91.2 Å². The molecule has 6 rings (SSSR count). The zero-order valence-corrected chi connectivity index (χ0v) is 26.8. The van der Waals surface area contributed by atoms with Crippen LogP contribution in [0, 0.1) is 28.1 Å². The van der Waals surface area contributed by atoms with E-state index in [9.17, 15) is 6.63 Å². The van der Waals surface area contributed by atoms with Gasteiger partial charge in [0.2, 0.25) is 5.69 Å². The molecular formula is C40H45N2O+. The Kier molecular flexibility index (Phi) is 7.13. The maximum absolute atomic E-state index is 10.2. The summed E-state index contributed by atoms with van der Waals surface area (Å²) in [6, 6.07) is 25.5. The normalized spacial score (nSPS) is 19.9. The summed E-state index contributed by atoms with van der Waals surface area (Å²) >= 11 is 0. The van der Waals surface area contributed by atoms with E-state index in [4.69, 9.17) is 4.42 Å². The number of pyridine rings is 1. The summed E-state index contributed by atoms with van der Waals surface area (Å²) in [5, 5.41) is 12.2. The van der Waals surface area contributed by atoms with Crippen LogP contribution >= 0.6 is 0 Å². The highest BCUT2D eigenvalue weighted by Gasteiger charge is 2.30. The second-order valence-electron chi connectivity index (χ2n) is 14.9. The summed E-state index contributed by atoms with van der Waals surface area (Å²) < 4.78 is 18.2. The number of hydrogen-bond acceptors (Lipinski definition) is 2. The summed E-state index contributed by atoms with van der Waals surface area (Å²) in [4.78, 5) is 0. The minimum absolute atomic E-state index is 0.187. The Balaban J connectivity index is 1.43. The van der Waals surface area contributed by atoms with Crippen molar-refractivity contribution in [3.05, 3.63) is 89.6 Å². The van der Waals surface area contributed by atoms with Gasteiger partial charge in [0.05, 0.1) is 17.2 Å². The molecule has 0 aliphatic heterocycles. The van der Waals surface area contributed by atoms with E-state index in [0.29, 0.717) is 11.5 Å². The van der Waals surface area contributed by atoms with Crippen LogP contribution in [0.25, 0.3) is 44.3 Å². The highest BCUT2D eigenvalue weighted by atomic mass is 16.3. The molecule has 0 bridgehead atoms. The van der Waals surface area contributed by atoms with E-state index in [1.165, 1.54) is 5.56 Å². The van der Waals surface area contributed by atoms with Crippen LogP contribution in [0.3, 0.4) is 0 Å². The molecule has 3 nitrogen and oxygen atoms in total. The number of rotatable bonds is 4. The van der Waals surface area contributed by atoms with E-state index in [1.54, 1.807) is 0 Å². The van der Waals surface area contributed by atoms with Crippen molar-refractivity contribution < 1.29 is 10.4 Å². The Labute approximate surface area is 258 Å². The standard InChI is InChI=1S/C40H45N2O/c1-39(2,3)24-26-21-22-42(7)35(23-26)34-10-8-9-32-33-20-17-30(25-41)36(38(33)43-37(32)34)29-13-11-27(12-14-29)28-15-18-31(19-16-28)40(4,5)6/h8-14,17,20-23,28,31H,15-16,18-19,24H2,1-7H3/q+1/i28D. The molecule has 0 unspecified atom stereocenters. The molecule has 5 aromatic rings. The van der Waals surface area contributed by atoms with Crippen LogP contribution in [0.15, 0.2) is 77.3 Å². The number of aromatic nitrogens is 1. The molecule has 1 aliphatic rings. The van der Waals surface area contributed by atoms with Gasteiger partial charge in [-0.2, -0.15) is 5.26 Å². The highest BCUT2D eigenvalue weighted by Crippen LogP contribution is 2.44. The van der Waals surface area contributed by atoms with E-state index in [-0.39, 0.29) is 10.8 Å². The number of hydrogen-bond donors (Lipinski definition) is 0. The number of para-hydroxylation sites is 1. The molecule has 1 saturated carbocycles. The molecule has 0 N–H and O–H groups in total. The third-order valence-electron chi connectivity index (χ3n) is 9.41. The lowest BCUT2D eigenvalue weighted by molar-refractivity contribution is -0.660. The number of fused-ring (bicyclic) bond motifs is 3. The van der Waals surface area contributed by atoms with E-state index < -0.39 is 5.89 Å². The Morgan fingerprint density at radius 3 is 2.23 bits per heavy atom. The number of furan rings is 1. The van der Waals surface area contributed by atoms with Gasteiger partial charge in [-0.25, -0.2) is 4.57 Å². The smallest absolute Gasteiger partial charge is 0.216 e. The number of benzene rings is 3. The Morgan fingerprint density at radius 2 is 1.58 bits per heavy atom. The number of nitrogens with zero attached hydrogens (tertiary/aromatic N) is 2. The molecule has 2 heterocycles. The van der Waals surface area contributed by atoms with Crippen LogP contribution < -0.4 is 4.57 Å². The zero-order valence-electron chi connectivity index (χ0n) is 27.8. The molecule has 3 aromatic carbocycles. The minimum Gasteiger partial charge on any atom is -0.454 e. The second kappa shape index (κ2) is 11.0. The molecule has 0 atom stereocenters. The molecule has 1 aliphatic carbocycles. The lowest BCUT2D eigenvalue weighted by Crippen LogP contribution is -2.30. The molecule has 1 fully saturated rings. The van der Waals surface area contributed by atoms with Crippen LogP contribution in [0.5, 0.6) is 0 Å². The van der Waals surface area contributed by atoms with Gasteiger partial charge in [0.25, 0.3) is 0 Å². The Bertz CT molecular complexity index is 1890. The molecule has 0 amide bonds. The first-order valence-electron chi connectivity index (χ1n) is 16.3. The van der Waals surface area contributed by atoms with Gasteiger partial charge in [-0.3, -0.25) is 0 Å². The lowest BCUT2D eigenvalue weighted by Gasteiger charge is -2.37. The topological polar surface area (TPSA) is 40.8 Å². The number of aryl methyl sites for hydroxylation is 1. The van der Waals surface area contributed by atoms with Crippen LogP contribution in [-0.2, 0) is 13.5 Å². The van der Waals surface area contributed by atoms with Crippen molar-refractivity contribution in [2.75, 3.05) is 0 Å².